The monoisotopic (exact) mass is 239 g/mol. The van der Waals surface area contributed by atoms with Gasteiger partial charge in [0.2, 0.25) is 0 Å². The summed E-state index contributed by atoms with van der Waals surface area (Å²) in [6.07, 6.45) is 4.74. The smallest absolute Gasteiger partial charge is 0.323 e. The van der Waals surface area contributed by atoms with E-state index in [-0.39, 0.29) is 23.4 Å². The molecular weight excluding hydrogens is 222 g/mol. The van der Waals surface area contributed by atoms with Gasteiger partial charge >= 0.3 is 5.69 Å². The molecule has 1 aliphatic carbocycles. The molecule has 2 rings (SSSR count). The van der Waals surface area contributed by atoms with Crippen LogP contribution in [0.15, 0.2) is 11.0 Å². The molecule has 4 N–H and O–H groups in total. The Morgan fingerprint density at radius 3 is 3.00 bits per heavy atom. The van der Waals surface area contributed by atoms with Gasteiger partial charge in [0.15, 0.2) is 0 Å². The lowest BCUT2D eigenvalue weighted by Crippen LogP contribution is -2.33. The van der Waals surface area contributed by atoms with Crippen LogP contribution < -0.4 is 11.0 Å². The van der Waals surface area contributed by atoms with Crippen LogP contribution in [0.25, 0.3) is 0 Å². The summed E-state index contributed by atoms with van der Waals surface area (Å²) in [5.74, 6) is 0.0387. The zero-order valence-corrected chi connectivity index (χ0v) is 9.53. The first-order chi connectivity index (χ1) is 8.15. The van der Waals surface area contributed by atoms with Crippen LogP contribution in [0, 0.1) is 5.92 Å². The molecule has 0 aromatic carbocycles. The first-order valence-corrected chi connectivity index (χ1v) is 5.89. The van der Waals surface area contributed by atoms with Crippen molar-refractivity contribution in [1.82, 2.24) is 15.3 Å². The highest BCUT2D eigenvalue weighted by Gasteiger charge is 2.20. The molecule has 1 aliphatic rings. The molecule has 1 amide bonds. The highest BCUT2D eigenvalue weighted by Crippen LogP contribution is 2.23. The lowest BCUT2D eigenvalue weighted by atomic mass is 9.87. The van der Waals surface area contributed by atoms with Gasteiger partial charge in [0.1, 0.15) is 5.69 Å². The molecule has 1 aromatic rings. The highest BCUT2D eigenvalue weighted by molar-refractivity contribution is 5.91. The number of aliphatic hydroxyl groups is 1. The van der Waals surface area contributed by atoms with Crippen LogP contribution in [0.5, 0.6) is 0 Å². The van der Waals surface area contributed by atoms with Gasteiger partial charge in [0.05, 0.1) is 6.10 Å². The fourth-order valence-corrected chi connectivity index (χ4v) is 2.23. The Morgan fingerprint density at radius 2 is 2.35 bits per heavy atom. The van der Waals surface area contributed by atoms with Gasteiger partial charge in [-0.2, -0.15) is 0 Å². The predicted octanol–water partition coefficient (Wildman–Crippen LogP) is -0.0161. The Hall–Kier alpha value is -1.56. The zero-order valence-electron chi connectivity index (χ0n) is 9.53. The Labute approximate surface area is 98.4 Å². The largest absolute Gasteiger partial charge is 0.393 e. The number of H-pyrrole nitrogens is 2. The topological polar surface area (TPSA) is 98.0 Å². The van der Waals surface area contributed by atoms with E-state index in [2.05, 4.69) is 15.3 Å². The number of hydrogen-bond donors (Lipinski definition) is 4. The first-order valence-electron chi connectivity index (χ1n) is 5.89. The van der Waals surface area contributed by atoms with Crippen LogP contribution in [0.4, 0.5) is 0 Å². The molecule has 1 saturated carbocycles. The van der Waals surface area contributed by atoms with Gasteiger partial charge in [-0.05, 0) is 25.2 Å². The minimum absolute atomic E-state index is 0.238. The van der Waals surface area contributed by atoms with Crippen molar-refractivity contribution < 1.29 is 9.90 Å². The number of hydrogen-bond acceptors (Lipinski definition) is 3. The van der Waals surface area contributed by atoms with Crippen molar-refractivity contribution in [2.75, 3.05) is 6.54 Å². The van der Waals surface area contributed by atoms with Crippen molar-refractivity contribution in [3.63, 3.8) is 0 Å². The van der Waals surface area contributed by atoms with Crippen LogP contribution in [-0.4, -0.2) is 33.6 Å². The molecule has 6 heteroatoms. The predicted molar refractivity (Wildman–Crippen MR) is 61.7 cm³/mol. The maximum atomic E-state index is 11.6. The Bertz CT molecular complexity index is 437. The minimum Gasteiger partial charge on any atom is -0.393 e. The van der Waals surface area contributed by atoms with Crippen molar-refractivity contribution in [1.29, 1.82) is 0 Å². The van der Waals surface area contributed by atoms with Crippen molar-refractivity contribution in [3.8, 4) is 0 Å². The lowest BCUT2D eigenvalue weighted by Gasteiger charge is -2.25. The number of aromatic amines is 2. The number of nitrogens with one attached hydrogen (secondary N) is 3. The Morgan fingerprint density at radius 1 is 1.53 bits per heavy atom. The van der Waals surface area contributed by atoms with Gasteiger partial charge in [-0.25, -0.2) is 4.79 Å². The lowest BCUT2D eigenvalue weighted by molar-refractivity contribution is 0.0870. The number of imidazole rings is 1. The molecule has 0 radical (unpaired) electrons. The first kappa shape index (κ1) is 11.9. The summed E-state index contributed by atoms with van der Waals surface area (Å²) in [7, 11) is 0. The van der Waals surface area contributed by atoms with Crippen LogP contribution in [0.3, 0.4) is 0 Å². The van der Waals surface area contributed by atoms with Gasteiger partial charge in [0.25, 0.3) is 5.91 Å². The SMILES string of the molecule is O=C(NCC1CCCC(O)C1)c1c[nH]c(=O)[nH]1. The number of carbonyl (C=O) groups is 1. The molecule has 2 unspecified atom stereocenters. The van der Waals surface area contributed by atoms with E-state index in [1.54, 1.807) is 0 Å². The summed E-state index contributed by atoms with van der Waals surface area (Å²) in [5.41, 5.74) is -0.144. The van der Waals surface area contributed by atoms with Gasteiger partial charge in [-0.1, -0.05) is 6.42 Å². The number of aromatic nitrogens is 2. The average molecular weight is 239 g/mol. The molecule has 0 saturated heterocycles. The average Bonchev–Trinajstić information content (AvgIpc) is 2.73. The maximum absolute atomic E-state index is 11.6. The second-order valence-electron chi connectivity index (χ2n) is 4.55. The quantitative estimate of drug-likeness (QED) is 0.597. The van der Waals surface area contributed by atoms with E-state index in [9.17, 15) is 14.7 Å². The molecule has 2 atom stereocenters. The maximum Gasteiger partial charge on any atom is 0.323 e. The number of aliphatic hydroxyl groups excluding tert-OH is 1. The third-order valence-corrected chi connectivity index (χ3v) is 3.15. The van der Waals surface area contributed by atoms with E-state index in [0.29, 0.717) is 12.5 Å². The van der Waals surface area contributed by atoms with Crippen LogP contribution in [0.1, 0.15) is 36.2 Å². The molecule has 0 aliphatic heterocycles. The van der Waals surface area contributed by atoms with Crippen molar-refractivity contribution in [2.45, 2.75) is 31.8 Å². The summed E-state index contributed by atoms with van der Waals surface area (Å²) in [5, 5.41) is 12.3. The molecule has 1 fully saturated rings. The molecule has 1 aromatic heterocycles. The zero-order chi connectivity index (χ0) is 12.3. The molecule has 6 nitrogen and oxygen atoms in total. The van der Waals surface area contributed by atoms with E-state index in [4.69, 9.17) is 0 Å². The normalized spacial score (nSPS) is 24.5. The third kappa shape index (κ3) is 3.20. The Balaban J connectivity index is 1.81. The van der Waals surface area contributed by atoms with E-state index >= 15 is 0 Å². The Kier molecular flexibility index (Phi) is 3.63. The van der Waals surface area contributed by atoms with Gasteiger partial charge in [0, 0.05) is 12.7 Å². The van der Waals surface area contributed by atoms with Crippen LogP contribution in [-0.2, 0) is 0 Å². The summed E-state index contributed by atoms with van der Waals surface area (Å²) in [4.78, 5) is 27.2. The molecule has 1 heterocycles. The fourth-order valence-electron chi connectivity index (χ4n) is 2.23. The molecule has 94 valence electrons. The van der Waals surface area contributed by atoms with Crippen LogP contribution in [0.2, 0.25) is 0 Å². The minimum atomic E-state index is -0.386. The van der Waals surface area contributed by atoms with Gasteiger partial charge in [-0.3, -0.25) is 4.79 Å². The highest BCUT2D eigenvalue weighted by atomic mass is 16.3. The third-order valence-electron chi connectivity index (χ3n) is 3.15. The summed E-state index contributed by atoms with van der Waals surface area (Å²) in [6, 6.07) is 0. The molecule has 0 bridgehead atoms. The van der Waals surface area contributed by atoms with Gasteiger partial charge < -0.3 is 20.4 Å². The molecular formula is C11H17N3O3. The number of carbonyl (C=O) groups excluding carboxylic acids is 1. The van der Waals surface area contributed by atoms with E-state index < -0.39 is 0 Å². The number of amides is 1. The summed E-state index contributed by atoms with van der Waals surface area (Å²) < 4.78 is 0. The van der Waals surface area contributed by atoms with Crippen molar-refractivity contribution >= 4 is 5.91 Å². The summed E-state index contributed by atoms with van der Waals surface area (Å²) in [6.45, 7) is 0.545. The second-order valence-corrected chi connectivity index (χ2v) is 4.55. The molecule has 17 heavy (non-hydrogen) atoms. The standard InChI is InChI=1S/C11H17N3O3/c15-8-3-1-2-7(4-8)5-12-10(16)9-6-13-11(17)14-9/h6-8,15H,1-5H2,(H,12,16)(H2,13,14,17). The van der Waals surface area contributed by atoms with Crippen molar-refractivity contribution in [3.05, 3.63) is 22.4 Å². The second kappa shape index (κ2) is 5.18. The van der Waals surface area contributed by atoms with Crippen LogP contribution >= 0.6 is 0 Å². The number of rotatable bonds is 3. The van der Waals surface area contributed by atoms with Gasteiger partial charge in [-0.15, -0.1) is 0 Å². The van der Waals surface area contributed by atoms with E-state index in [0.717, 1.165) is 25.7 Å². The van der Waals surface area contributed by atoms with E-state index in [1.165, 1.54) is 6.20 Å². The summed E-state index contributed by atoms with van der Waals surface area (Å²) >= 11 is 0. The van der Waals surface area contributed by atoms with E-state index in [1.807, 2.05) is 0 Å². The molecule has 0 spiro atoms. The van der Waals surface area contributed by atoms with Crippen molar-refractivity contribution in [2.24, 2.45) is 5.92 Å². The fraction of sp³-hybridized carbons (Fsp3) is 0.636.